The molecule has 0 saturated heterocycles. The summed E-state index contributed by atoms with van der Waals surface area (Å²) in [7, 11) is 0. The van der Waals surface area contributed by atoms with Crippen molar-refractivity contribution in [1.29, 1.82) is 0 Å². The zero-order valence-corrected chi connectivity index (χ0v) is 15.6. The van der Waals surface area contributed by atoms with Crippen molar-refractivity contribution in [3.05, 3.63) is 12.2 Å². The standard InChI is InChI=1S/C19H33NO4/c1-5-23-17(21)9-7-6-8-15-10-12-16(13-11-15)20-14-18(22)24-19(2,3)4/h7,9,15-16,20H,5-6,8,10-14H2,1-4H3. The maximum Gasteiger partial charge on any atom is 0.330 e. The zero-order chi connectivity index (χ0) is 18.0. The summed E-state index contributed by atoms with van der Waals surface area (Å²) in [6.07, 6.45) is 9.97. The number of rotatable bonds is 8. The van der Waals surface area contributed by atoms with E-state index < -0.39 is 5.60 Å². The molecular weight excluding hydrogens is 306 g/mol. The quantitative estimate of drug-likeness (QED) is 0.542. The zero-order valence-electron chi connectivity index (χ0n) is 15.6. The van der Waals surface area contributed by atoms with E-state index in [4.69, 9.17) is 9.47 Å². The number of hydrogen-bond acceptors (Lipinski definition) is 5. The predicted octanol–water partition coefficient (Wildman–Crippen LogP) is 3.38. The third-order valence-corrected chi connectivity index (χ3v) is 4.08. The number of hydrogen-bond donors (Lipinski definition) is 1. The first-order valence-corrected chi connectivity index (χ1v) is 9.08. The van der Waals surface area contributed by atoms with Crippen LogP contribution in [0.5, 0.6) is 0 Å². The van der Waals surface area contributed by atoms with Gasteiger partial charge in [0, 0.05) is 12.1 Å². The van der Waals surface area contributed by atoms with E-state index in [9.17, 15) is 9.59 Å². The molecule has 0 radical (unpaired) electrons. The van der Waals surface area contributed by atoms with Crippen LogP contribution in [-0.4, -0.2) is 36.7 Å². The van der Waals surface area contributed by atoms with Gasteiger partial charge < -0.3 is 14.8 Å². The van der Waals surface area contributed by atoms with Gasteiger partial charge in [0.05, 0.1) is 13.2 Å². The number of ether oxygens (including phenoxy) is 2. The molecule has 0 heterocycles. The molecule has 0 spiro atoms. The molecule has 0 unspecified atom stereocenters. The van der Waals surface area contributed by atoms with E-state index in [-0.39, 0.29) is 18.5 Å². The number of carbonyl (C=O) groups excluding carboxylic acids is 2. The van der Waals surface area contributed by atoms with Crippen molar-refractivity contribution in [2.75, 3.05) is 13.2 Å². The smallest absolute Gasteiger partial charge is 0.330 e. The van der Waals surface area contributed by atoms with Crippen LogP contribution in [0.4, 0.5) is 0 Å². The molecule has 5 nitrogen and oxygen atoms in total. The lowest BCUT2D eigenvalue weighted by Gasteiger charge is -2.29. The van der Waals surface area contributed by atoms with Crippen LogP contribution in [0.25, 0.3) is 0 Å². The van der Waals surface area contributed by atoms with Gasteiger partial charge in [0.1, 0.15) is 5.60 Å². The van der Waals surface area contributed by atoms with Gasteiger partial charge >= 0.3 is 11.9 Å². The monoisotopic (exact) mass is 339 g/mol. The summed E-state index contributed by atoms with van der Waals surface area (Å²) in [5.74, 6) is 0.262. The van der Waals surface area contributed by atoms with Crippen LogP contribution in [0.2, 0.25) is 0 Å². The average Bonchev–Trinajstić information content (AvgIpc) is 2.49. The van der Waals surface area contributed by atoms with Crippen LogP contribution < -0.4 is 5.32 Å². The van der Waals surface area contributed by atoms with E-state index in [1.165, 1.54) is 18.9 Å². The second-order valence-corrected chi connectivity index (χ2v) is 7.42. The number of nitrogens with one attached hydrogen (secondary N) is 1. The molecule has 0 aromatic carbocycles. The second-order valence-electron chi connectivity index (χ2n) is 7.42. The van der Waals surface area contributed by atoms with Crippen molar-refractivity contribution in [2.45, 2.75) is 77.9 Å². The molecule has 0 aromatic rings. The molecule has 1 fully saturated rings. The fraction of sp³-hybridized carbons (Fsp3) is 0.789. The Labute approximate surface area is 146 Å². The van der Waals surface area contributed by atoms with E-state index in [0.717, 1.165) is 25.7 Å². The van der Waals surface area contributed by atoms with Crippen molar-refractivity contribution in [2.24, 2.45) is 5.92 Å². The minimum atomic E-state index is -0.423. The summed E-state index contributed by atoms with van der Waals surface area (Å²) in [6, 6.07) is 0.406. The molecule has 1 N–H and O–H groups in total. The van der Waals surface area contributed by atoms with Gasteiger partial charge in [0.25, 0.3) is 0 Å². The van der Waals surface area contributed by atoms with E-state index in [1.54, 1.807) is 6.92 Å². The Bertz CT molecular complexity index is 418. The van der Waals surface area contributed by atoms with Gasteiger partial charge in [-0.3, -0.25) is 4.79 Å². The molecular formula is C19H33NO4. The fourth-order valence-electron chi connectivity index (χ4n) is 2.96. The Hall–Kier alpha value is -1.36. The lowest BCUT2D eigenvalue weighted by molar-refractivity contribution is -0.153. The molecule has 24 heavy (non-hydrogen) atoms. The summed E-state index contributed by atoms with van der Waals surface area (Å²) in [6.45, 7) is 8.16. The highest BCUT2D eigenvalue weighted by Crippen LogP contribution is 2.28. The molecule has 1 aliphatic rings. The van der Waals surface area contributed by atoms with Crippen LogP contribution in [0.15, 0.2) is 12.2 Å². The molecule has 0 amide bonds. The SMILES string of the molecule is CCOC(=O)C=CCCC1CCC(NCC(=O)OC(C)(C)C)CC1. The highest BCUT2D eigenvalue weighted by molar-refractivity contribution is 5.81. The van der Waals surface area contributed by atoms with E-state index in [2.05, 4.69) is 5.32 Å². The maximum atomic E-state index is 11.7. The third kappa shape index (κ3) is 9.71. The fourth-order valence-corrected chi connectivity index (χ4v) is 2.96. The van der Waals surface area contributed by atoms with Crippen LogP contribution >= 0.6 is 0 Å². The summed E-state index contributed by atoms with van der Waals surface area (Å²) >= 11 is 0. The molecule has 5 heteroatoms. The summed E-state index contributed by atoms with van der Waals surface area (Å²) in [5, 5.41) is 3.31. The molecule has 1 saturated carbocycles. The number of esters is 2. The highest BCUT2D eigenvalue weighted by atomic mass is 16.6. The van der Waals surface area contributed by atoms with Gasteiger partial charge in [-0.2, -0.15) is 0 Å². The minimum absolute atomic E-state index is 0.186. The molecule has 0 bridgehead atoms. The Morgan fingerprint density at radius 2 is 1.83 bits per heavy atom. The molecule has 138 valence electrons. The highest BCUT2D eigenvalue weighted by Gasteiger charge is 2.22. The average molecular weight is 339 g/mol. The Balaban J connectivity index is 2.13. The van der Waals surface area contributed by atoms with Gasteiger partial charge in [0.15, 0.2) is 0 Å². The summed E-state index contributed by atoms with van der Waals surface area (Å²) in [5.41, 5.74) is -0.423. The van der Waals surface area contributed by atoms with Crippen molar-refractivity contribution in [1.82, 2.24) is 5.32 Å². The van der Waals surface area contributed by atoms with Crippen LogP contribution in [0, 0.1) is 5.92 Å². The largest absolute Gasteiger partial charge is 0.463 e. The Morgan fingerprint density at radius 3 is 2.42 bits per heavy atom. The molecule has 1 aliphatic carbocycles. The molecule has 1 rings (SSSR count). The first-order chi connectivity index (χ1) is 11.3. The van der Waals surface area contributed by atoms with Crippen molar-refractivity contribution in [3.8, 4) is 0 Å². The van der Waals surface area contributed by atoms with Crippen LogP contribution in [0.3, 0.4) is 0 Å². The van der Waals surface area contributed by atoms with Gasteiger partial charge in [-0.1, -0.05) is 6.08 Å². The van der Waals surface area contributed by atoms with Gasteiger partial charge in [-0.15, -0.1) is 0 Å². The Morgan fingerprint density at radius 1 is 1.17 bits per heavy atom. The number of allylic oxidation sites excluding steroid dienone is 1. The topological polar surface area (TPSA) is 64.6 Å². The first-order valence-electron chi connectivity index (χ1n) is 9.08. The molecule has 0 aromatic heterocycles. The lowest BCUT2D eigenvalue weighted by Crippen LogP contribution is -2.39. The third-order valence-electron chi connectivity index (χ3n) is 4.08. The molecule has 0 aliphatic heterocycles. The first kappa shape index (κ1) is 20.7. The van der Waals surface area contributed by atoms with Crippen LogP contribution in [-0.2, 0) is 19.1 Å². The Kier molecular flexibility index (Phi) is 9.04. The maximum absolute atomic E-state index is 11.7. The predicted molar refractivity (Wildman–Crippen MR) is 94.6 cm³/mol. The van der Waals surface area contributed by atoms with E-state index in [0.29, 0.717) is 18.6 Å². The van der Waals surface area contributed by atoms with Crippen LogP contribution in [0.1, 0.15) is 66.2 Å². The van der Waals surface area contributed by atoms with Gasteiger partial charge in [-0.25, -0.2) is 4.79 Å². The minimum Gasteiger partial charge on any atom is -0.463 e. The summed E-state index contributed by atoms with van der Waals surface area (Å²) < 4.78 is 10.2. The lowest BCUT2D eigenvalue weighted by atomic mass is 9.83. The number of carbonyl (C=O) groups is 2. The van der Waals surface area contributed by atoms with Crippen molar-refractivity contribution in [3.63, 3.8) is 0 Å². The van der Waals surface area contributed by atoms with Crippen molar-refractivity contribution < 1.29 is 19.1 Å². The second kappa shape index (κ2) is 10.5. The van der Waals surface area contributed by atoms with Crippen molar-refractivity contribution >= 4 is 11.9 Å². The summed E-state index contributed by atoms with van der Waals surface area (Å²) in [4.78, 5) is 22.9. The van der Waals surface area contributed by atoms with Gasteiger partial charge in [-0.05, 0) is 72.1 Å². The normalized spacial score (nSPS) is 21.7. The van der Waals surface area contributed by atoms with Gasteiger partial charge in [0.2, 0.25) is 0 Å². The van der Waals surface area contributed by atoms with E-state index in [1.807, 2.05) is 26.8 Å². The molecule has 0 atom stereocenters. The van der Waals surface area contributed by atoms with E-state index >= 15 is 0 Å².